The normalized spacial score (nSPS) is 11.9. The van der Waals surface area contributed by atoms with Crippen molar-refractivity contribution in [1.82, 2.24) is 0 Å². The summed E-state index contributed by atoms with van der Waals surface area (Å²) in [5.74, 6) is 1.31. The number of benzene rings is 1. The lowest BCUT2D eigenvalue weighted by Gasteiger charge is -2.15. The number of nitrogens with one attached hydrogen (secondary N) is 1. The summed E-state index contributed by atoms with van der Waals surface area (Å²) in [6.45, 7) is 0.670. The summed E-state index contributed by atoms with van der Waals surface area (Å²) < 4.78 is 10.7. The van der Waals surface area contributed by atoms with Crippen molar-refractivity contribution in [3.8, 4) is 11.5 Å². The molecule has 4 nitrogen and oxygen atoms in total. The Morgan fingerprint density at radius 3 is 2.74 bits per heavy atom. The van der Waals surface area contributed by atoms with Gasteiger partial charge in [0.05, 0.1) is 7.11 Å². The number of thiophene rings is 1. The number of hydrogen-bond acceptors (Lipinski definition) is 5. The van der Waals surface area contributed by atoms with Gasteiger partial charge >= 0.3 is 0 Å². The van der Waals surface area contributed by atoms with Gasteiger partial charge in [-0.15, -0.1) is 0 Å². The minimum atomic E-state index is -0.579. The highest BCUT2D eigenvalue weighted by Crippen LogP contribution is 2.25. The van der Waals surface area contributed by atoms with Crippen molar-refractivity contribution in [3.05, 3.63) is 41.1 Å². The van der Waals surface area contributed by atoms with Gasteiger partial charge < -0.3 is 19.9 Å². The molecule has 0 bridgehead atoms. The number of hydrogen-bond donors (Lipinski definition) is 2. The smallest absolute Gasteiger partial charge is 0.161 e. The Morgan fingerprint density at radius 1 is 1.26 bits per heavy atom. The van der Waals surface area contributed by atoms with Crippen molar-refractivity contribution in [3.63, 3.8) is 0 Å². The van der Waals surface area contributed by atoms with E-state index in [0.717, 1.165) is 5.69 Å². The average molecular weight is 279 g/mol. The van der Waals surface area contributed by atoms with Crippen LogP contribution >= 0.6 is 11.3 Å². The van der Waals surface area contributed by atoms with Crippen LogP contribution in [0.5, 0.6) is 11.5 Å². The quantitative estimate of drug-likeness (QED) is 0.818. The molecule has 1 aromatic carbocycles. The van der Waals surface area contributed by atoms with Gasteiger partial charge in [0.1, 0.15) is 12.7 Å². The highest BCUT2D eigenvalue weighted by molar-refractivity contribution is 7.08. The van der Waals surface area contributed by atoms with E-state index in [1.54, 1.807) is 18.4 Å². The van der Waals surface area contributed by atoms with Crippen molar-refractivity contribution in [2.45, 2.75) is 6.10 Å². The van der Waals surface area contributed by atoms with E-state index in [1.807, 2.05) is 41.1 Å². The monoisotopic (exact) mass is 279 g/mol. The number of ether oxygens (including phenoxy) is 2. The molecule has 0 radical (unpaired) electrons. The van der Waals surface area contributed by atoms with Crippen LogP contribution in [0.1, 0.15) is 0 Å². The Kier molecular flexibility index (Phi) is 5.06. The van der Waals surface area contributed by atoms with E-state index in [-0.39, 0.29) is 6.61 Å². The van der Waals surface area contributed by atoms with Crippen LogP contribution in [0, 0.1) is 0 Å². The van der Waals surface area contributed by atoms with Crippen LogP contribution < -0.4 is 14.8 Å². The van der Waals surface area contributed by atoms with Crippen LogP contribution in [-0.4, -0.2) is 31.5 Å². The fourth-order valence-electron chi connectivity index (χ4n) is 1.58. The fourth-order valence-corrected chi connectivity index (χ4v) is 2.20. The summed E-state index contributed by atoms with van der Waals surface area (Å²) >= 11 is 1.61. The maximum absolute atomic E-state index is 9.85. The second-order valence-electron chi connectivity index (χ2n) is 4.01. The highest BCUT2D eigenvalue weighted by atomic mass is 32.1. The van der Waals surface area contributed by atoms with E-state index in [9.17, 15) is 5.11 Å². The van der Waals surface area contributed by atoms with E-state index in [1.165, 1.54) is 0 Å². The Bertz CT molecular complexity index is 487. The first-order chi connectivity index (χ1) is 9.29. The third-order valence-corrected chi connectivity index (χ3v) is 3.25. The molecule has 5 heteroatoms. The third-order valence-electron chi connectivity index (χ3n) is 2.56. The molecular weight excluding hydrogens is 262 g/mol. The topological polar surface area (TPSA) is 50.7 Å². The summed E-state index contributed by atoms with van der Waals surface area (Å²) in [5, 5.41) is 17.0. The molecule has 2 rings (SSSR count). The fraction of sp³-hybridized carbons (Fsp3) is 0.286. The molecule has 102 valence electrons. The van der Waals surface area contributed by atoms with Crippen molar-refractivity contribution in [2.75, 3.05) is 25.6 Å². The molecule has 0 saturated heterocycles. The largest absolute Gasteiger partial charge is 0.493 e. The lowest BCUT2D eigenvalue weighted by molar-refractivity contribution is 0.115. The molecule has 19 heavy (non-hydrogen) atoms. The maximum atomic E-state index is 9.85. The summed E-state index contributed by atoms with van der Waals surface area (Å²) in [4.78, 5) is 0. The van der Waals surface area contributed by atoms with E-state index in [4.69, 9.17) is 9.47 Å². The van der Waals surface area contributed by atoms with Crippen LogP contribution in [-0.2, 0) is 0 Å². The zero-order chi connectivity index (χ0) is 13.5. The number of rotatable bonds is 7. The number of aliphatic hydroxyl groups excluding tert-OH is 1. The SMILES string of the molecule is COc1ccccc1OCC(O)CNc1ccsc1. The van der Waals surface area contributed by atoms with Crippen LogP contribution in [0.15, 0.2) is 41.1 Å². The van der Waals surface area contributed by atoms with Crippen molar-refractivity contribution >= 4 is 17.0 Å². The molecule has 0 aliphatic heterocycles. The van der Waals surface area contributed by atoms with Gasteiger partial charge in [-0.2, -0.15) is 11.3 Å². The molecule has 1 atom stereocenters. The predicted molar refractivity (Wildman–Crippen MR) is 77.3 cm³/mol. The molecule has 2 aromatic rings. The standard InChI is InChI=1S/C14H17NO3S/c1-17-13-4-2-3-5-14(13)18-9-12(16)8-15-11-6-7-19-10-11/h2-7,10,12,15-16H,8-9H2,1H3. The first kappa shape index (κ1) is 13.7. The Hall–Kier alpha value is -1.72. The summed E-state index contributed by atoms with van der Waals surface area (Å²) in [5.41, 5.74) is 1.02. The molecule has 0 spiro atoms. The third kappa shape index (κ3) is 4.15. The van der Waals surface area contributed by atoms with E-state index in [0.29, 0.717) is 18.0 Å². The first-order valence-electron chi connectivity index (χ1n) is 5.99. The van der Waals surface area contributed by atoms with Gasteiger partial charge in [0.15, 0.2) is 11.5 Å². The Morgan fingerprint density at radius 2 is 2.05 bits per heavy atom. The van der Waals surface area contributed by atoms with Crippen LogP contribution in [0.25, 0.3) is 0 Å². The number of aliphatic hydroxyl groups is 1. The molecule has 0 fully saturated rings. The molecular formula is C14H17NO3S. The van der Waals surface area contributed by atoms with Crippen LogP contribution in [0.3, 0.4) is 0 Å². The summed E-state index contributed by atoms with van der Waals surface area (Å²) in [6, 6.07) is 9.36. The van der Waals surface area contributed by atoms with E-state index < -0.39 is 6.10 Å². The maximum Gasteiger partial charge on any atom is 0.161 e. The van der Waals surface area contributed by atoms with Gasteiger partial charge in [0, 0.05) is 17.6 Å². The van der Waals surface area contributed by atoms with Crippen molar-refractivity contribution in [1.29, 1.82) is 0 Å². The molecule has 0 aliphatic rings. The van der Waals surface area contributed by atoms with Crippen LogP contribution in [0.4, 0.5) is 5.69 Å². The molecule has 2 N–H and O–H groups in total. The average Bonchev–Trinajstić information content (AvgIpc) is 2.96. The van der Waals surface area contributed by atoms with Crippen LogP contribution in [0.2, 0.25) is 0 Å². The minimum absolute atomic E-state index is 0.220. The zero-order valence-corrected chi connectivity index (χ0v) is 11.5. The van der Waals surface area contributed by atoms with Gasteiger partial charge in [0.25, 0.3) is 0 Å². The summed E-state index contributed by atoms with van der Waals surface area (Å²) in [6.07, 6.45) is -0.579. The predicted octanol–water partition coefficient (Wildman–Crippen LogP) is 2.61. The van der Waals surface area contributed by atoms with E-state index >= 15 is 0 Å². The van der Waals surface area contributed by atoms with Gasteiger partial charge in [0.2, 0.25) is 0 Å². The van der Waals surface area contributed by atoms with Gasteiger partial charge in [-0.05, 0) is 23.6 Å². The van der Waals surface area contributed by atoms with Gasteiger partial charge in [-0.25, -0.2) is 0 Å². The molecule has 1 aromatic heterocycles. The lowest BCUT2D eigenvalue weighted by Crippen LogP contribution is -2.26. The molecule has 0 saturated carbocycles. The van der Waals surface area contributed by atoms with Gasteiger partial charge in [-0.1, -0.05) is 12.1 Å². The first-order valence-corrected chi connectivity index (χ1v) is 6.94. The minimum Gasteiger partial charge on any atom is -0.493 e. The van der Waals surface area contributed by atoms with Gasteiger partial charge in [-0.3, -0.25) is 0 Å². The number of anilines is 1. The molecule has 0 amide bonds. The highest BCUT2D eigenvalue weighted by Gasteiger charge is 2.08. The summed E-state index contributed by atoms with van der Waals surface area (Å²) in [7, 11) is 1.59. The Labute approximate surface area is 116 Å². The van der Waals surface area contributed by atoms with Crippen molar-refractivity contribution in [2.24, 2.45) is 0 Å². The lowest BCUT2D eigenvalue weighted by atomic mass is 10.3. The molecule has 1 heterocycles. The number of methoxy groups -OCH3 is 1. The molecule has 0 aliphatic carbocycles. The Balaban J connectivity index is 1.78. The molecule has 1 unspecified atom stereocenters. The zero-order valence-electron chi connectivity index (χ0n) is 10.7. The second-order valence-corrected chi connectivity index (χ2v) is 4.79. The second kappa shape index (κ2) is 7.01. The van der Waals surface area contributed by atoms with Crippen molar-refractivity contribution < 1.29 is 14.6 Å². The number of para-hydroxylation sites is 2. The van der Waals surface area contributed by atoms with E-state index in [2.05, 4.69) is 5.32 Å².